The zero-order chi connectivity index (χ0) is 25.0. The number of aliphatic hydroxyl groups excluding tert-OH is 1. The van der Waals surface area contributed by atoms with E-state index in [1.807, 2.05) is 11.0 Å². The lowest BCUT2D eigenvalue weighted by Crippen LogP contribution is -2.61. The Balaban J connectivity index is 1.51. The average Bonchev–Trinajstić information content (AvgIpc) is 3.21. The predicted octanol–water partition coefficient (Wildman–Crippen LogP) is 2.76. The van der Waals surface area contributed by atoms with E-state index in [0.29, 0.717) is 18.7 Å². The van der Waals surface area contributed by atoms with Crippen molar-refractivity contribution >= 4 is 23.4 Å². The summed E-state index contributed by atoms with van der Waals surface area (Å²) >= 11 is 0. The summed E-state index contributed by atoms with van der Waals surface area (Å²) in [6, 6.07) is 5.80. The van der Waals surface area contributed by atoms with E-state index in [9.17, 15) is 15.2 Å². The van der Waals surface area contributed by atoms with Crippen LogP contribution in [0.5, 0.6) is 0 Å². The van der Waals surface area contributed by atoms with Crippen molar-refractivity contribution in [3.8, 4) is 6.07 Å². The zero-order valence-electron chi connectivity index (χ0n) is 20.9. The molecule has 1 saturated heterocycles. The Bertz CT molecular complexity index is 1190. The highest BCUT2D eigenvalue weighted by Gasteiger charge is 2.52. The molecule has 2 aromatic heterocycles. The average molecular weight is 476 g/mol. The van der Waals surface area contributed by atoms with Gasteiger partial charge in [0, 0.05) is 48.9 Å². The van der Waals surface area contributed by atoms with Crippen LogP contribution in [0.3, 0.4) is 0 Å². The molecular weight excluding hydrogens is 442 g/mol. The molecule has 0 bridgehead atoms. The summed E-state index contributed by atoms with van der Waals surface area (Å²) < 4.78 is 0. The minimum atomic E-state index is -0.798. The third-order valence-electron chi connectivity index (χ3n) is 8.01. The second-order valence-electron chi connectivity index (χ2n) is 11.0. The second kappa shape index (κ2) is 8.45. The van der Waals surface area contributed by atoms with Crippen LogP contribution in [-0.4, -0.2) is 69.2 Å². The quantitative estimate of drug-likeness (QED) is 0.719. The number of hydrogen-bond acceptors (Lipinski definition) is 8. The van der Waals surface area contributed by atoms with Gasteiger partial charge in [0.1, 0.15) is 23.8 Å². The van der Waals surface area contributed by atoms with Crippen LogP contribution in [0.1, 0.15) is 58.1 Å². The van der Waals surface area contributed by atoms with Gasteiger partial charge in [-0.25, -0.2) is 15.0 Å². The van der Waals surface area contributed by atoms with Crippen LogP contribution >= 0.6 is 0 Å². The number of carbonyl (C=O) groups is 1. The number of aromatic nitrogens is 3. The summed E-state index contributed by atoms with van der Waals surface area (Å²) in [4.78, 5) is 33.6. The Kier molecular flexibility index (Phi) is 5.67. The molecule has 1 spiro atoms. The molecule has 1 amide bonds. The summed E-state index contributed by atoms with van der Waals surface area (Å²) in [5, 5.41) is 19.1. The van der Waals surface area contributed by atoms with Gasteiger partial charge in [0.25, 0.3) is 0 Å². The number of amides is 1. The van der Waals surface area contributed by atoms with Gasteiger partial charge in [-0.3, -0.25) is 4.79 Å². The topological polar surface area (TPSA) is 109 Å². The maximum atomic E-state index is 13.1. The molecule has 184 valence electrons. The number of piperazine rings is 1. The van der Waals surface area contributed by atoms with Crippen molar-refractivity contribution in [2.75, 3.05) is 36.0 Å². The molecule has 5 rings (SSSR count). The molecule has 1 aliphatic carbocycles. The summed E-state index contributed by atoms with van der Waals surface area (Å²) in [5.74, 6) is 2.54. The van der Waals surface area contributed by atoms with Crippen LogP contribution in [0.15, 0.2) is 24.7 Å². The molecule has 1 N–H and O–H groups in total. The van der Waals surface area contributed by atoms with E-state index in [2.05, 4.69) is 34.7 Å². The van der Waals surface area contributed by atoms with Crippen molar-refractivity contribution < 1.29 is 9.90 Å². The number of carbonyl (C=O) groups excluding carboxylic acids is 1. The molecule has 2 atom stereocenters. The Morgan fingerprint density at radius 2 is 1.94 bits per heavy atom. The first-order valence-corrected chi connectivity index (χ1v) is 12.4. The van der Waals surface area contributed by atoms with Crippen molar-refractivity contribution in [3.05, 3.63) is 35.8 Å². The van der Waals surface area contributed by atoms with Gasteiger partial charge in [0.05, 0.1) is 23.7 Å². The Morgan fingerprint density at radius 3 is 2.60 bits per heavy atom. The molecule has 1 saturated carbocycles. The van der Waals surface area contributed by atoms with Crippen LogP contribution in [0.2, 0.25) is 0 Å². The van der Waals surface area contributed by atoms with Crippen molar-refractivity contribution in [1.29, 1.82) is 5.26 Å². The summed E-state index contributed by atoms with van der Waals surface area (Å²) in [6.45, 7) is 9.62. The third-order valence-corrected chi connectivity index (χ3v) is 8.01. The van der Waals surface area contributed by atoms with Crippen molar-refractivity contribution in [1.82, 2.24) is 19.9 Å². The minimum absolute atomic E-state index is 0.0148. The van der Waals surface area contributed by atoms with Gasteiger partial charge < -0.3 is 19.8 Å². The monoisotopic (exact) mass is 475 g/mol. The van der Waals surface area contributed by atoms with Gasteiger partial charge in [-0.05, 0) is 52.7 Å². The number of rotatable bonds is 4. The molecule has 0 aromatic carbocycles. The molecule has 2 aliphatic heterocycles. The highest BCUT2D eigenvalue weighted by atomic mass is 16.3. The van der Waals surface area contributed by atoms with Crippen molar-refractivity contribution in [2.45, 2.75) is 64.5 Å². The minimum Gasteiger partial charge on any atom is -0.395 e. The van der Waals surface area contributed by atoms with Gasteiger partial charge in [0.2, 0.25) is 5.91 Å². The Morgan fingerprint density at radius 1 is 1.20 bits per heavy atom. The Hall–Kier alpha value is -3.25. The number of fused-ring (bicyclic) bond motifs is 2. The fourth-order valence-electron chi connectivity index (χ4n) is 5.72. The number of anilines is 3. The molecule has 35 heavy (non-hydrogen) atoms. The lowest BCUT2D eigenvalue weighted by atomic mass is 9.66. The van der Waals surface area contributed by atoms with Crippen LogP contribution in [0, 0.1) is 16.7 Å². The molecule has 0 unspecified atom stereocenters. The number of nitrogens with zero attached hydrogens (tertiary/aromatic N) is 7. The van der Waals surface area contributed by atoms with Gasteiger partial charge in [-0.1, -0.05) is 6.42 Å². The van der Waals surface area contributed by atoms with Gasteiger partial charge in [0.15, 0.2) is 0 Å². The van der Waals surface area contributed by atoms with Gasteiger partial charge >= 0.3 is 0 Å². The molecule has 2 aromatic rings. The molecule has 9 heteroatoms. The van der Waals surface area contributed by atoms with Crippen LogP contribution in [0.25, 0.3) is 0 Å². The van der Waals surface area contributed by atoms with E-state index in [0.717, 1.165) is 43.3 Å². The highest BCUT2D eigenvalue weighted by molar-refractivity contribution is 5.83. The van der Waals surface area contributed by atoms with Crippen molar-refractivity contribution in [2.24, 2.45) is 5.41 Å². The molecule has 4 heterocycles. The van der Waals surface area contributed by atoms with E-state index in [4.69, 9.17) is 9.97 Å². The maximum absolute atomic E-state index is 13.1. The fraction of sp³-hybridized carbons (Fsp3) is 0.577. The number of hydrogen-bond donors (Lipinski definition) is 1. The number of aliphatic hydroxyl groups is 1. The zero-order valence-corrected chi connectivity index (χ0v) is 20.9. The first-order valence-electron chi connectivity index (χ1n) is 12.4. The van der Waals surface area contributed by atoms with Gasteiger partial charge in [-0.2, -0.15) is 5.26 Å². The first kappa shape index (κ1) is 23.5. The maximum Gasteiger partial charge on any atom is 0.230 e. The highest BCUT2D eigenvalue weighted by Crippen LogP contribution is 2.56. The van der Waals surface area contributed by atoms with E-state index in [1.165, 1.54) is 5.56 Å². The van der Waals surface area contributed by atoms with E-state index in [-0.39, 0.29) is 30.0 Å². The molecule has 0 radical (unpaired) electrons. The van der Waals surface area contributed by atoms with Crippen LogP contribution < -0.4 is 9.80 Å². The first-order chi connectivity index (χ1) is 16.7. The summed E-state index contributed by atoms with van der Waals surface area (Å²) in [5.41, 5.74) is 0.929. The van der Waals surface area contributed by atoms with E-state index in [1.54, 1.807) is 32.4 Å². The lowest BCUT2D eigenvalue weighted by molar-refractivity contribution is -0.145. The number of pyridine rings is 1. The number of nitriles is 1. The molecule has 9 nitrogen and oxygen atoms in total. The van der Waals surface area contributed by atoms with Gasteiger partial charge in [-0.15, -0.1) is 0 Å². The lowest BCUT2D eigenvalue weighted by Gasteiger charge is -2.48. The summed E-state index contributed by atoms with van der Waals surface area (Å²) in [6.07, 6.45) is 6.60. The molecule has 3 aliphatic rings. The molecule has 2 fully saturated rings. The standard InChI is InChI=1S/C26H33N7O2/c1-17-13-32(24(35)25(3,4)15-34)18(2)12-31(17)22-21-23(30-16-29-22)33(14-26(21)7-5-8-26)20-10-19(11-27)6-9-28-20/h6,9-10,16-18,34H,5,7-8,12-15H2,1-4H3/t17-,18+/m0/s1. The fourth-order valence-corrected chi connectivity index (χ4v) is 5.72. The van der Waals surface area contributed by atoms with Crippen molar-refractivity contribution in [3.63, 3.8) is 0 Å². The largest absolute Gasteiger partial charge is 0.395 e. The van der Waals surface area contributed by atoms with Crippen LogP contribution in [-0.2, 0) is 10.2 Å². The summed E-state index contributed by atoms with van der Waals surface area (Å²) in [7, 11) is 0. The predicted molar refractivity (Wildman–Crippen MR) is 132 cm³/mol. The smallest absolute Gasteiger partial charge is 0.230 e. The van der Waals surface area contributed by atoms with E-state index < -0.39 is 5.41 Å². The third kappa shape index (κ3) is 3.71. The molecular formula is C26H33N7O2. The SMILES string of the molecule is C[C@@H]1CN(c2ncnc3c2C2(CCC2)CN3c2cc(C#N)ccn2)[C@@H](C)CN1C(=O)C(C)(C)CO. The van der Waals surface area contributed by atoms with Crippen LogP contribution in [0.4, 0.5) is 17.5 Å². The Labute approximate surface area is 206 Å². The second-order valence-corrected chi connectivity index (χ2v) is 11.0. The van der Waals surface area contributed by atoms with E-state index >= 15 is 0 Å². The normalized spacial score (nSPS) is 23.1.